The highest BCUT2D eigenvalue weighted by Gasteiger charge is 2.34. The van der Waals surface area contributed by atoms with Crippen molar-refractivity contribution in [2.75, 3.05) is 0 Å². The molecule has 1 saturated carbocycles. The summed E-state index contributed by atoms with van der Waals surface area (Å²) in [7, 11) is 0. The molecule has 1 spiro atoms. The van der Waals surface area contributed by atoms with Crippen molar-refractivity contribution in [2.45, 2.75) is 44.6 Å². The van der Waals surface area contributed by atoms with E-state index in [0.29, 0.717) is 11.5 Å². The molecule has 2 aliphatic carbocycles. The average molecular weight is 151 g/mol. The first kappa shape index (κ1) is 7.35. The van der Waals surface area contributed by atoms with Crippen molar-refractivity contribution in [1.29, 1.82) is 0 Å². The Balaban J connectivity index is 1.96. The zero-order valence-corrected chi connectivity index (χ0v) is 7.05. The fourth-order valence-corrected chi connectivity index (χ4v) is 2.41. The number of hydrogen-bond donors (Lipinski definition) is 1. The number of allylic oxidation sites excluding steroid dienone is 2. The minimum Gasteiger partial charge on any atom is -0.328 e. The second-order valence-corrected chi connectivity index (χ2v) is 4.22. The highest BCUT2D eigenvalue weighted by molar-refractivity contribution is 5.04. The van der Waals surface area contributed by atoms with Crippen LogP contribution in [0.2, 0.25) is 0 Å². The van der Waals surface area contributed by atoms with Crippen molar-refractivity contribution in [3.05, 3.63) is 12.2 Å². The molecule has 62 valence electrons. The summed E-state index contributed by atoms with van der Waals surface area (Å²) < 4.78 is 0. The van der Waals surface area contributed by atoms with Crippen LogP contribution in [-0.2, 0) is 0 Å². The van der Waals surface area contributed by atoms with E-state index in [0.717, 1.165) is 0 Å². The minimum atomic E-state index is 0.501. The van der Waals surface area contributed by atoms with Gasteiger partial charge in [0.2, 0.25) is 0 Å². The van der Waals surface area contributed by atoms with Crippen LogP contribution in [-0.4, -0.2) is 6.04 Å². The third-order valence-electron chi connectivity index (χ3n) is 3.36. The fourth-order valence-electron chi connectivity index (χ4n) is 2.41. The molecule has 2 N–H and O–H groups in total. The predicted octanol–water partition coefficient (Wildman–Crippen LogP) is 2.22. The molecule has 1 fully saturated rings. The van der Waals surface area contributed by atoms with Crippen LogP contribution in [0.3, 0.4) is 0 Å². The van der Waals surface area contributed by atoms with Crippen molar-refractivity contribution in [3.8, 4) is 0 Å². The normalized spacial score (nSPS) is 29.9. The van der Waals surface area contributed by atoms with Gasteiger partial charge in [-0.15, -0.1) is 0 Å². The molecule has 11 heavy (non-hydrogen) atoms. The Morgan fingerprint density at radius 1 is 1.09 bits per heavy atom. The number of nitrogens with two attached hydrogens (primary N) is 1. The second kappa shape index (κ2) is 2.63. The van der Waals surface area contributed by atoms with E-state index in [4.69, 9.17) is 5.73 Å². The molecular formula is C10H17N. The third-order valence-corrected chi connectivity index (χ3v) is 3.36. The fraction of sp³-hybridized carbons (Fsp3) is 0.800. The molecule has 0 saturated heterocycles. The summed E-state index contributed by atoms with van der Waals surface area (Å²) in [6, 6.07) is 0.501. The zero-order chi connectivity index (χ0) is 7.73. The lowest BCUT2D eigenvalue weighted by Gasteiger charge is -2.35. The van der Waals surface area contributed by atoms with E-state index >= 15 is 0 Å². The van der Waals surface area contributed by atoms with Gasteiger partial charge in [-0.1, -0.05) is 12.2 Å². The molecule has 0 amide bonds. The van der Waals surface area contributed by atoms with Crippen LogP contribution in [0.4, 0.5) is 0 Å². The Labute approximate surface area is 68.7 Å². The molecule has 0 bridgehead atoms. The smallest absolute Gasteiger partial charge is 0.00392 e. The lowest BCUT2D eigenvalue weighted by molar-refractivity contribution is 0.191. The second-order valence-electron chi connectivity index (χ2n) is 4.22. The topological polar surface area (TPSA) is 26.0 Å². The number of hydrogen-bond acceptors (Lipinski definition) is 1. The maximum Gasteiger partial charge on any atom is 0.00392 e. The number of rotatable bonds is 0. The average Bonchev–Trinajstić information content (AvgIpc) is 2.45. The molecule has 0 unspecified atom stereocenters. The molecule has 0 heterocycles. The van der Waals surface area contributed by atoms with Gasteiger partial charge in [0.05, 0.1) is 0 Å². The Kier molecular flexibility index (Phi) is 1.76. The molecule has 2 aliphatic rings. The summed E-state index contributed by atoms with van der Waals surface area (Å²) in [5.74, 6) is 0. The van der Waals surface area contributed by atoms with Crippen molar-refractivity contribution in [3.63, 3.8) is 0 Å². The van der Waals surface area contributed by atoms with Gasteiger partial charge in [-0.25, -0.2) is 0 Å². The molecule has 0 aliphatic heterocycles. The lowest BCUT2D eigenvalue weighted by atomic mass is 9.71. The van der Waals surface area contributed by atoms with Crippen LogP contribution in [0.25, 0.3) is 0 Å². The largest absolute Gasteiger partial charge is 0.328 e. The van der Waals surface area contributed by atoms with Crippen molar-refractivity contribution >= 4 is 0 Å². The van der Waals surface area contributed by atoms with Gasteiger partial charge in [0.25, 0.3) is 0 Å². The van der Waals surface area contributed by atoms with Gasteiger partial charge in [0.1, 0.15) is 0 Å². The third kappa shape index (κ3) is 1.34. The van der Waals surface area contributed by atoms with Crippen LogP contribution in [0.15, 0.2) is 12.2 Å². The summed E-state index contributed by atoms with van der Waals surface area (Å²) in [6.07, 6.45) is 12.6. The molecule has 0 aromatic carbocycles. The standard InChI is InChI=1S/C10H17N/c11-9-3-7-10(8-4-9)5-1-2-6-10/h1-2,9H,3-8,11H2. The molecule has 2 rings (SSSR count). The van der Waals surface area contributed by atoms with Gasteiger partial charge in [-0.05, 0) is 43.9 Å². The van der Waals surface area contributed by atoms with Gasteiger partial charge >= 0.3 is 0 Å². The van der Waals surface area contributed by atoms with Crippen molar-refractivity contribution < 1.29 is 0 Å². The lowest BCUT2D eigenvalue weighted by Crippen LogP contribution is -2.32. The Bertz CT molecular complexity index is 154. The summed E-state index contributed by atoms with van der Waals surface area (Å²) in [4.78, 5) is 0. The van der Waals surface area contributed by atoms with Crippen LogP contribution in [0, 0.1) is 5.41 Å². The molecule has 0 aromatic rings. The molecule has 1 heteroatoms. The quantitative estimate of drug-likeness (QED) is 0.528. The van der Waals surface area contributed by atoms with Gasteiger partial charge in [0, 0.05) is 6.04 Å². The Morgan fingerprint density at radius 3 is 2.18 bits per heavy atom. The maximum atomic E-state index is 5.87. The van der Waals surface area contributed by atoms with Crippen LogP contribution in [0.1, 0.15) is 38.5 Å². The first-order valence-corrected chi connectivity index (χ1v) is 4.71. The summed E-state index contributed by atoms with van der Waals surface area (Å²) in [5.41, 5.74) is 6.53. The minimum absolute atomic E-state index is 0.501. The van der Waals surface area contributed by atoms with E-state index in [1.54, 1.807) is 0 Å². The van der Waals surface area contributed by atoms with E-state index in [9.17, 15) is 0 Å². The molecule has 0 radical (unpaired) electrons. The monoisotopic (exact) mass is 151 g/mol. The maximum absolute atomic E-state index is 5.87. The Morgan fingerprint density at radius 2 is 1.64 bits per heavy atom. The zero-order valence-electron chi connectivity index (χ0n) is 7.05. The summed E-state index contributed by atoms with van der Waals surface area (Å²) in [5, 5.41) is 0. The van der Waals surface area contributed by atoms with Crippen molar-refractivity contribution in [2.24, 2.45) is 11.1 Å². The van der Waals surface area contributed by atoms with Gasteiger partial charge in [-0.3, -0.25) is 0 Å². The highest BCUT2D eigenvalue weighted by Crippen LogP contribution is 2.45. The van der Waals surface area contributed by atoms with Crippen LogP contribution in [0.5, 0.6) is 0 Å². The molecule has 0 aromatic heterocycles. The molecule has 0 atom stereocenters. The van der Waals surface area contributed by atoms with E-state index in [1.807, 2.05) is 0 Å². The van der Waals surface area contributed by atoms with E-state index in [1.165, 1.54) is 38.5 Å². The van der Waals surface area contributed by atoms with Gasteiger partial charge < -0.3 is 5.73 Å². The Hall–Kier alpha value is -0.300. The van der Waals surface area contributed by atoms with Crippen LogP contribution < -0.4 is 5.73 Å². The summed E-state index contributed by atoms with van der Waals surface area (Å²) >= 11 is 0. The first-order valence-electron chi connectivity index (χ1n) is 4.71. The first-order chi connectivity index (χ1) is 5.31. The molecule has 1 nitrogen and oxygen atoms in total. The van der Waals surface area contributed by atoms with E-state index in [2.05, 4.69) is 12.2 Å². The van der Waals surface area contributed by atoms with Crippen LogP contribution >= 0.6 is 0 Å². The SMILES string of the molecule is NC1CCC2(CC=CC2)CC1. The molecular weight excluding hydrogens is 134 g/mol. The van der Waals surface area contributed by atoms with E-state index < -0.39 is 0 Å². The van der Waals surface area contributed by atoms with E-state index in [-0.39, 0.29) is 0 Å². The van der Waals surface area contributed by atoms with Gasteiger partial charge in [-0.2, -0.15) is 0 Å². The highest BCUT2D eigenvalue weighted by atomic mass is 14.6. The predicted molar refractivity (Wildman–Crippen MR) is 47.3 cm³/mol. The van der Waals surface area contributed by atoms with Crippen molar-refractivity contribution in [1.82, 2.24) is 0 Å². The summed E-state index contributed by atoms with van der Waals surface area (Å²) in [6.45, 7) is 0. The van der Waals surface area contributed by atoms with Gasteiger partial charge in [0.15, 0.2) is 0 Å².